The van der Waals surface area contributed by atoms with E-state index in [-0.39, 0.29) is 5.91 Å². The third-order valence-electron chi connectivity index (χ3n) is 9.23. The Morgan fingerprint density at radius 1 is 1.03 bits per heavy atom. The predicted octanol–water partition coefficient (Wildman–Crippen LogP) is 4.73. The summed E-state index contributed by atoms with van der Waals surface area (Å²) in [6.45, 7) is 5.29. The highest BCUT2D eigenvalue weighted by molar-refractivity contribution is 5.77. The maximum atomic E-state index is 12.8. The number of imidazole rings is 1. The first-order valence-corrected chi connectivity index (χ1v) is 14.4. The number of aromatic nitrogens is 2. The summed E-state index contributed by atoms with van der Waals surface area (Å²) in [4.78, 5) is 23.1. The fourth-order valence-electron chi connectivity index (χ4n) is 7.57. The Morgan fingerprint density at radius 3 is 2.65 bits per heavy atom. The molecule has 0 spiro atoms. The highest BCUT2D eigenvalue weighted by Gasteiger charge is 2.48. The second kappa shape index (κ2) is 11.0. The number of aryl methyl sites for hydroxylation is 1. The Morgan fingerprint density at radius 2 is 1.81 bits per heavy atom. The van der Waals surface area contributed by atoms with Gasteiger partial charge in [0.2, 0.25) is 5.91 Å². The number of nitrogens with one attached hydrogen (secondary N) is 1. The van der Waals surface area contributed by atoms with Gasteiger partial charge < -0.3 is 9.88 Å². The molecular formula is C31H41N5O. The van der Waals surface area contributed by atoms with Gasteiger partial charge in [-0.3, -0.25) is 14.6 Å². The molecule has 1 N–H and O–H groups in total. The number of likely N-dealkylation sites (tertiary alicyclic amines) is 1. The fourth-order valence-corrected chi connectivity index (χ4v) is 7.57. The molecule has 0 radical (unpaired) electrons. The molecule has 3 aliphatic heterocycles. The predicted molar refractivity (Wildman–Crippen MR) is 148 cm³/mol. The van der Waals surface area contributed by atoms with Crippen LogP contribution in [0.2, 0.25) is 0 Å². The van der Waals surface area contributed by atoms with Gasteiger partial charge in [0.05, 0.1) is 17.6 Å². The summed E-state index contributed by atoms with van der Waals surface area (Å²) in [6, 6.07) is 20.4. The molecule has 1 amide bonds. The molecule has 4 heterocycles. The summed E-state index contributed by atoms with van der Waals surface area (Å²) in [7, 11) is 2.02. The maximum Gasteiger partial charge on any atom is 0.220 e. The standard InChI is InChI=1S/C31H41N5O/c1-34-28-15-6-5-14-26(28)33-29(34)20-32-30(37)17-7-16-27-25-13-9-19-35-18-8-12-24(31(25)35)22-36(27)21-23-10-3-2-4-11-23/h2-6,10-11,14-15,24-25,27,31H,7-9,12-13,16-22H2,1H3,(H,32,37)/t24-,25+,27+,31-/m0/s1. The van der Waals surface area contributed by atoms with Gasteiger partial charge in [0.1, 0.15) is 5.82 Å². The van der Waals surface area contributed by atoms with Crippen LogP contribution in [-0.4, -0.2) is 57.0 Å². The molecule has 4 atom stereocenters. The molecule has 0 unspecified atom stereocenters. The minimum atomic E-state index is 0.137. The Hall–Kier alpha value is -2.70. The first-order valence-electron chi connectivity index (χ1n) is 14.4. The molecule has 3 aliphatic rings. The normalized spacial score (nSPS) is 26.2. The minimum absolute atomic E-state index is 0.137. The zero-order valence-corrected chi connectivity index (χ0v) is 22.2. The molecule has 3 fully saturated rings. The fraction of sp³-hybridized carbons (Fsp3) is 0.548. The lowest BCUT2D eigenvalue weighted by atomic mass is 9.69. The Balaban J connectivity index is 1.09. The number of hydrogen-bond acceptors (Lipinski definition) is 4. The van der Waals surface area contributed by atoms with Gasteiger partial charge in [-0.25, -0.2) is 4.98 Å². The van der Waals surface area contributed by atoms with Crippen molar-refractivity contribution in [3.8, 4) is 0 Å². The van der Waals surface area contributed by atoms with Crippen molar-refractivity contribution in [1.82, 2.24) is 24.7 Å². The van der Waals surface area contributed by atoms with Crippen LogP contribution < -0.4 is 5.32 Å². The summed E-state index contributed by atoms with van der Waals surface area (Å²) >= 11 is 0. The average molecular weight is 500 g/mol. The second-order valence-corrected chi connectivity index (χ2v) is 11.5. The Bertz CT molecular complexity index is 1200. The van der Waals surface area contributed by atoms with E-state index >= 15 is 0 Å². The number of carbonyl (C=O) groups excluding carboxylic acids is 1. The van der Waals surface area contributed by atoms with Crippen LogP contribution in [0.4, 0.5) is 0 Å². The number of amides is 1. The van der Waals surface area contributed by atoms with Crippen LogP contribution in [0.5, 0.6) is 0 Å². The molecule has 37 heavy (non-hydrogen) atoms. The third-order valence-corrected chi connectivity index (χ3v) is 9.23. The highest BCUT2D eigenvalue weighted by atomic mass is 16.1. The van der Waals surface area contributed by atoms with Crippen molar-refractivity contribution in [2.45, 2.75) is 70.1 Å². The molecule has 196 valence electrons. The number of hydrogen-bond donors (Lipinski definition) is 1. The lowest BCUT2D eigenvalue weighted by Crippen LogP contribution is -2.64. The van der Waals surface area contributed by atoms with Gasteiger partial charge in [-0.05, 0) is 81.1 Å². The van der Waals surface area contributed by atoms with E-state index in [1.165, 1.54) is 50.9 Å². The number of para-hydroxylation sites is 2. The summed E-state index contributed by atoms with van der Waals surface area (Å²) in [6.07, 6.45) is 8.02. The van der Waals surface area contributed by atoms with Gasteiger partial charge in [-0.1, -0.05) is 42.5 Å². The summed E-state index contributed by atoms with van der Waals surface area (Å²) in [5, 5.41) is 3.13. The number of fused-ring (bicyclic) bond motifs is 1. The zero-order chi connectivity index (χ0) is 25.2. The largest absolute Gasteiger partial charge is 0.349 e. The van der Waals surface area contributed by atoms with E-state index in [1.807, 2.05) is 25.2 Å². The van der Waals surface area contributed by atoms with Gasteiger partial charge in [0.15, 0.2) is 0 Å². The highest BCUT2D eigenvalue weighted by Crippen LogP contribution is 2.43. The van der Waals surface area contributed by atoms with Crippen molar-refractivity contribution in [3.63, 3.8) is 0 Å². The molecule has 2 aromatic carbocycles. The maximum absolute atomic E-state index is 12.8. The molecule has 6 heteroatoms. The summed E-state index contributed by atoms with van der Waals surface area (Å²) in [5.74, 6) is 2.58. The first-order chi connectivity index (χ1) is 18.2. The quantitative estimate of drug-likeness (QED) is 0.487. The van der Waals surface area contributed by atoms with Crippen LogP contribution in [0, 0.1) is 11.8 Å². The van der Waals surface area contributed by atoms with Gasteiger partial charge in [0, 0.05) is 38.6 Å². The van der Waals surface area contributed by atoms with Crippen molar-refractivity contribution in [1.29, 1.82) is 0 Å². The van der Waals surface area contributed by atoms with E-state index in [9.17, 15) is 4.79 Å². The van der Waals surface area contributed by atoms with E-state index in [4.69, 9.17) is 4.98 Å². The van der Waals surface area contributed by atoms with Crippen molar-refractivity contribution in [2.24, 2.45) is 18.9 Å². The Labute approximate surface area is 221 Å². The summed E-state index contributed by atoms with van der Waals surface area (Å²) in [5.41, 5.74) is 3.49. The number of carbonyl (C=O) groups is 1. The van der Waals surface area contributed by atoms with Crippen molar-refractivity contribution < 1.29 is 4.79 Å². The van der Waals surface area contributed by atoms with Gasteiger partial charge in [-0.2, -0.15) is 0 Å². The van der Waals surface area contributed by atoms with Crippen LogP contribution in [-0.2, 0) is 24.9 Å². The van der Waals surface area contributed by atoms with Crippen LogP contribution in [0.3, 0.4) is 0 Å². The molecule has 0 aliphatic carbocycles. The molecule has 1 aromatic heterocycles. The van der Waals surface area contributed by atoms with Crippen LogP contribution in [0.15, 0.2) is 54.6 Å². The lowest BCUT2D eigenvalue weighted by Gasteiger charge is -2.57. The molecule has 0 saturated carbocycles. The van der Waals surface area contributed by atoms with Gasteiger partial charge >= 0.3 is 0 Å². The van der Waals surface area contributed by atoms with Crippen molar-refractivity contribution in [3.05, 3.63) is 66.0 Å². The van der Waals surface area contributed by atoms with E-state index < -0.39 is 0 Å². The Kier molecular flexibility index (Phi) is 7.30. The van der Waals surface area contributed by atoms with Crippen LogP contribution in [0.25, 0.3) is 11.0 Å². The smallest absolute Gasteiger partial charge is 0.220 e. The first kappa shape index (κ1) is 24.6. The third kappa shape index (κ3) is 5.19. The monoisotopic (exact) mass is 499 g/mol. The van der Waals surface area contributed by atoms with Crippen LogP contribution >= 0.6 is 0 Å². The van der Waals surface area contributed by atoms with E-state index in [2.05, 4.69) is 56.1 Å². The molecule has 3 aromatic rings. The lowest BCUT2D eigenvalue weighted by molar-refractivity contribution is -0.121. The summed E-state index contributed by atoms with van der Waals surface area (Å²) < 4.78 is 2.08. The van der Waals surface area contributed by atoms with Crippen LogP contribution in [0.1, 0.15) is 56.3 Å². The minimum Gasteiger partial charge on any atom is -0.349 e. The molecular weight excluding hydrogens is 458 g/mol. The number of nitrogens with zero attached hydrogens (tertiary/aromatic N) is 4. The molecule has 3 saturated heterocycles. The number of benzene rings is 2. The number of piperidine rings is 3. The SMILES string of the molecule is Cn1c(CNC(=O)CCC[C@@H]2[C@H]3CCCN4CCC[C@@H](CN2Cc2ccccc2)[C@@H]34)nc2ccccc21. The van der Waals surface area contributed by atoms with E-state index in [0.717, 1.165) is 54.1 Å². The van der Waals surface area contributed by atoms with E-state index in [1.54, 1.807) is 0 Å². The average Bonchev–Trinajstić information content (AvgIpc) is 3.25. The molecule has 6 rings (SSSR count). The topological polar surface area (TPSA) is 53.4 Å². The molecule has 6 nitrogen and oxygen atoms in total. The van der Waals surface area contributed by atoms with Gasteiger partial charge in [-0.15, -0.1) is 0 Å². The van der Waals surface area contributed by atoms with Crippen molar-refractivity contribution >= 4 is 16.9 Å². The number of rotatable bonds is 8. The van der Waals surface area contributed by atoms with Crippen molar-refractivity contribution in [2.75, 3.05) is 19.6 Å². The van der Waals surface area contributed by atoms with Gasteiger partial charge in [0.25, 0.3) is 0 Å². The zero-order valence-electron chi connectivity index (χ0n) is 22.2. The second-order valence-electron chi connectivity index (χ2n) is 11.5. The van der Waals surface area contributed by atoms with E-state index in [0.29, 0.717) is 19.0 Å². The molecule has 0 bridgehead atoms.